The van der Waals surface area contributed by atoms with Crippen LogP contribution in [0.5, 0.6) is 5.75 Å². The molecule has 0 aliphatic heterocycles. The number of rotatable bonds is 7. The highest BCUT2D eigenvalue weighted by Gasteiger charge is 2.20. The molecule has 1 atom stereocenters. The normalized spacial score (nSPS) is 12.8. The van der Waals surface area contributed by atoms with E-state index in [-0.39, 0.29) is 22.3 Å². The van der Waals surface area contributed by atoms with Crippen LogP contribution in [0.25, 0.3) is 0 Å². The maximum atomic E-state index is 12.6. The van der Waals surface area contributed by atoms with E-state index in [9.17, 15) is 13.2 Å². The van der Waals surface area contributed by atoms with Gasteiger partial charge >= 0.3 is 0 Å². The maximum absolute atomic E-state index is 12.6. The monoisotopic (exact) mass is 383 g/mol. The van der Waals surface area contributed by atoms with Crippen LogP contribution in [0.4, 0.5) is 0 Å². The topological polar surface area (TPSA) is 102 Å². The zero-order valence-electron chi connectivity index (χ0n) is 14.2. The number of hydrogen-bond acceptors (Lipinski definition) is 6. The molecule has 0 saturated carbocycles. The summed E-state index contributed by atoms with van der Waals surface area (Å²) in [6.45, 7) is 0.370. The van der Waals surface area contributed by atoms with Crippen molar-refractivity contribution in [1.82, 2.24) is 10.2 Å². The van der Waals surface area contributed by atoms with Gasteiger partial charge in [0, 0.05) is 11.4 Å². The standard InChI is InChI=1S/C16H21N3O4S2/c1-19(2)13(15-5-4-8-24-15)10-18-16(20)12-9-11(25(17,21)22)6-7-14(12)23-3/h4-9,13H,10H2,1-3H3,(H,18,20)(H2,17,21,22). The zero-order valence-corrected chi connectivity index (χ0v) is 15.9. The van der Waals surface area contributed by atoms with E-state index >= 15 is 0 Å². The summed E-state index contributed by atoms with van der Waals surface area (Å²) in [6.07, 6.45) is 0. The molecule has 0 bridgehead atoms. The van der Waals surface area contributed by atoms with Crippen molar-refractivity contribution < 1.29 is 17.9 Å². The molecule has 1 unspecified atom stereocenters. The second-order valence-corrected chi connectivity index (χ2v) is 8.15. The van der Waals surface area contributed by atoms with E-state index in [2.05, 4.69) is 5.32 Å². The Kier molecular flexibility index (Phi) is 6.17. The summed E-state index contributed by atoms with van der Waals surface area (Å²) in [6, 6.07) is 7.91. The van der Waals surface area contributed by atoms with Gasteiger partial charge in [-0.3, -0.25) is 4.79 Å². The van der Waals surface area contributed by atoms with Crippen LogP contribution in [0.1, 0.15) is 21.3 Å². The Balaban J connectivity index is 2.22. The van der Waals surface area contributed by atoms with Crippen molar-refractivity contribution >= 4 is 27.3 Å². The molecule has 1 aromatic heterocycles. The summed E-state index contributed by atoms with van der Waals surface area (Å²) in [5, 5.41) is 9.95. The largest absolute Gasteiger partial charge is 0.496 e. The number of hydrogen-bond donors (Lipinski definition) is 2. The summed E-state index contributed by atoms with van der Waals surface area (Å²) in [5.41, 5.74) is 0.123. The lowest BCUT2D eigenvalue weighted by atomic mass is 10.1. The SMILES string of the molecule is COc1ccc(S(N)(=O)=O)cc1C(=O)NCC(c1cccs1)N(C)C. The first-order valence-corrected chi connectivity index (χ1v) is 9.85. The quantitative estimate of drug-likeness (QED) is 0.753. The first kappa shape index (κ1) is 19.4. The minimum atomic E-state index is -3.91. The highest BCUT2D eigenvalue weighted by molar-refractivity contribution is 7.89. The predicted octanol–water partition coefficient (Wildman–Crippen LogP) is 1.44. The van der Waals surface area contributed by atoms with Crippen LogP contribution in [-0.4, -0.2) is 47.0 Å². The van der Waals surface area contributed by atoms with E-state index in [4.69, 9.17) is 9.88 Å². The van der Waals surface area contributed by atoms with E-state index in [0.717, 1.165) is 4.88 Å². The van der Waals surface area contributed by atoms with E-state index in [1.807, 2.05) is 36.5 Å². The third-order valence-corrected chi connectivity index (χ3v) is 5.58. The molecular formula is C16H21N3O4S2. The fourth-order valence-electron chi connectivity index (χ4n) is 2.34. The van der Waals surface area contributed by atoms with Crippen molar-refractivity contribution in [2.45, 2.75) is 10.9 Å². The van der Waals surface area contributed by atoms with Crippen molar-refractivity contribution in [2.24, 2.45) is 5.14 Å². The first-order valence-electron chi connectivity index (χ1n) is 7.43. The number of nitrogens with one attached hydrogen (secondary N) is 1. The second kappa shape index (κ2) is 7.96. The van der Waals surface area contributed by atoms with Gasteiger partial charge in [-0.15, -0.1) is 11.3 Å². The van der Waals surface area contributed by atoms with Gasteiger partial charge in [0.05, 0.1) is 23.6 Å². The van der Waals surface area contributed by atoms with Gasteiger partial charge in [-0.2, -0.15) is 0 Å². The average Bonchev–Trinajstić information content (AvgIpc) is 3.07. The second-order valence-electron chi connectivity index (χ2n) is 5.61. The van der Waals surface area contributed by atoms with Crippen LogP contribution < -0.4 is 15.2 Å². The van der Waals surface area contributed by atoms with Crippen LogP contribution in [0.3, 0.4) is 0 Å². The lowest BCUT2D eigenvalue weighted by Crippen LogP contribution is -2.34. The fourth-order valence-corrected chi connectivity index (χ4v) is 3.81. The number of methoxy groups -OCH3 is 1. The Bertz CT molecular complexity index is 833. The highest BCUT2D eigenvalue weighted by atomic mass is 32.2. The van der Waals surface area contributed by atoms with Gasteiger partial charge in [-0.25, -0.2) is 13.6 Å². The number of likely N-dealkylation sites (N-methyl/N-ethyl adjacent to an activating group) is 1. The van der Waals surface area contributed by atoms with Crippen molar-refractivity contribution in [3.63, 3.8) is 0 Å². The summed E-state index contributed by atoms with van der Waals surface area (Å²) >= 11 is 1.61. The molecule has 136 valence electrons. The zero-order chi connectivity index (χ0) is 18.6. The van der Waals surface area contributed by atoms with Gasteiger partial charge < -0.3 is 15.0 Å². The molecule has 0 fully saturated rings. The molecule has 0 aliphatic rings. The first-order chi connectivity index (χ1) is 11.7. The van der Waals surface area contributed by atoms with Gasteiger partial charge in [0.2, 0.25) is 10.0 Å². The number of carbonyl (C=O) groups is 1. The van der Waals surface area contributed by atoms with E-state index < -0.39 is 15.9 Å². The van der Waals surface area contributed by atoms with Crippen LogP contribution in [0.15, 0.2) is 40.6 Å². The molecule has 0 radical (unpaired) electrons. The van der Waals surface area contributed by atoms with E-state index in [1.54, 1.807) is 11.3 Å². The van der Waals surface area contributed by atoms with Crippen LogP contribution >= 0.6 is 11.3 Å². The smallest absolute Gasteiger partial charge is 0.255 e. The van der Waals surface area contributed by atoms with Crippen LogP contribution in [0, 0.1) is 0 Å². The van der Waals surface area contributed by atoms with Crippen molar-refractivity contribution in [1.29, 1.82) is 0 Å². The fraction of sp³-hybridized carbons (Fsp3) is 0.312. The third kappa shape index (κ3) is 4.79. The number of benzene rings is 1. The molecule has 2 rings (SSSR count). The molecule has 0 saturated heterocycles. The number of thiophene rings is 1. The summed E-state index contributed by atoms with van der Waals surface area (Å²) in [4.78, 5) is 15.5. The molecule has 1 aromatic carbocycles. The van der Waals surface area contributed by atoms with Gasteiger partial charge in [0.1, 0.15) is 5.75 Å². The van der Waals surface area contributed by atoms with Gasteiger partial charge in [0.15, 0.2) is 0 Å². The van der Waals surface area contributed by atoms with Crippen LogP contribution in [-0.2, 0) is 10.0 Å². The molecule has 1 amide bonds. The molecule has 3 N–H and O–H groups in total. The van der Waals surface area contributed by atoms with Crippen molar-refractivity contribution in [3.8, 4) is 5.75 Å². The molecule has 25 heavy (non-hydrogen) atoms. The molecule has 7 nitrogen and oxygen atoms in total. The number of sulfonamides is 1. The lowest BCUT2D eigenvalue weighted by molar-refractivity contribution is 0.0939. The number of nitrogens with two attached hydrogens (primary N) is 1. The van der Waals surface area contributed by atoms with Gasteiger partial charge in [-0.1, -0.05) is 6.07 Å². The van der Waals surface area contributed by atoms with Crippen molar-refractivity contribution in [2.75, 3.05) is 27.7 Å². The van der Waals surface area contributed by atoms with Gasteiger partial charge in [0.25, 0.3) is 5.91 Å². The predicted molar refractivity (Wildman–Crippen MR) is 97.4 cm³/mol. The van der Waals surface area contributed by atoms with E-state index in [0.29, 0.717) is 6.54 Å². The molecule has 9 heteroatoms. The third-order valence-electron chi connectivity index (χ3n) is 3.70. The summed E-state index contributed by atoms with van der Waals surface area (Å²) in [5.74, 6) is -0.145. The Hall–Kier alpha value is -1.94. The molecule has 0 spiro atoms. The Morgan fingerprint density at radius 3 is 2.60 bits per heavy atom. The van der Waals surface area contributed by atoms with E-state index in [1.165, 1.54) is 25.3 Å². The maximum Gasteiger partial charge on any atom is 0.255 e. The Morgan fingerprint density at radius 1 is 1.36 bits per heavy atom. The number of ether oxygens (including phenoxy) is 1. The minimum absolute atomic E-state index is 0.0105. The average molecular weight is 383 g/mol. The summed E-state index contributed by atoms with van der Waals surface area (Å²) in [7, 11) is 1.37. The lowest BCUT2D eigenvalue weighted by Gasteiger charge is -2.23. The molecular weight excluding hydrogens is 362 g/mol. The van der Waals surface area contributed by atoms with Crippen LogP contribution in [0.2, 0.25) is 0 Å². The molecule has 2 aromatic rings. The number of amides is 1. The van der Waals surface area contributed by atoms with Gasteiger partial charge in [-0.05, 0) is 43.7 Å². The highest BCUT2D eigenvalue weighted by Crippen LogP contribution is 2.24. The van der Waals surface area contributed by atoms with Crippen molar-refractivity contribution in [3.05, 3.63) is 46.2 Å². The minimum Gasteiger partial charge on any atom is -0.496 e. The molecule has 1 heterocycles. The number of carbonyl (C=O) groups excluding carboxylic acids is 1. The number of nitrogens with zero attached hydrogens (tertiary/aromatic N) is 1. The Morgan fingerprint density at radius 2 is 2.08 bits per heavy atom. The Labute approximate surface area is 151 Å². The summed E-state index contributed by atoms with van der Waals surface area (Å²) < 4.78 is 28.2. The number of primary sulfonamides is 1. The molecule has 0 aliphatic carbocycles.